The summed E-state index contributed by atoms with van der Waals surface area (Å²) in [6.07, 6.45) is 12.4. The molecule has 0 saturated heterocycles. The van der Waals surface area contributed by atoms with E-state index in [-0.39, 0.29) is 0 Å². The number of hydrogen-bond donors (Lipinski definition) is 1. The van der Waals surface area contributed by atoms with E-state index < -0.39 is 0 Å². The van der Waals surface area contributed by atoms with E-state index in [1.807, 2.05) is 12.4 Å². The Hall–Kier alpha value is -0.830. The number of imidazole rings is 1. The number of aromatic nitrogens is 2. The van der Waals surface area contributed by atoms with Gasteiger partial charge in [0.1, 0.15) is 5.82 Å². The van der Waals surface area contributed by atoms with Gasteiger partial charge in [0, 0.05) is 19.4 Å². The summed E-state index contributed by atoms with van der Waals surface area (Å²) in [6.45, 7) is 3.32. The van der Waals surface area contributed by atoms with Gasteiger partial charge in [0.2, 0.25) is 0 Å². The fourth-order valence-corrected chi connectivity index (χ4v) is 2.87. The molecule has 1 aromatic heterocycles. The molecule has 0 aromatic carbocycles. The second kappa shape index (κ2) is 6.20. The highest BCUT2D eigenvalue weighted by Crippen LogP contribution is 2.25. The van der Waals surface area contributed by atoms with Gasteiger partial charge in [-0.2, -0.15) is 0 Å². The first-order valence-electron chi connectivity index (χ1n) is 6.98. The zero-order valence-electron chi connectivity index (χ0n) is 11.2. The van der Waals surface area contributed by atoms with Crippen LogP contribution >= 0.6 is 0 Å². The van der Waals surface area contributed by atoms with E-state index in [1.54, 1.807) is 0 Å². The number of nitrogens with zero attached hydrogens (tertiary/aromatic N) is 2. The summed E-state index contributed by atoms with van der Waals surface area (Å²) >= 11 is 0. The maximum atomic E-state index is 4.38. The molecular formula is C14H25N3. The molecule has 3 heteroatoms. The molecule has 96 valence electrons. The van der Waals surface area contributed by atoms with Gasteiger partial charge >= 0.3 is 0 Å². The van der Waals surface area contributed by atoms with Gasteiger partial charge in [0.25, 0.3) is 0 Å². The molecule has 1 fully saturated rings. The fourth-order valence-electron chi connectivity index (χ4n) is 2.87. The van der Waals surface area contributed by atoms with Crippen molar-refractivity contribution in [3.05, 3.63) is 18.2 Å². The Morgan fingerprint density at radius 2 is 2.18 bits per heavy atom. The van der Waals surface area contributed by atoms with Crippen molar-refractivity contribution in [1.29, 1.82) is 0 Å². The maximum absolute atomic E-state index is 4.38. The zero-order valence-corrected chi connectivity index (χ0v) is 11.2. The van der Waals surface area contributed by atoms with E-state index in [0.717, 1.165) is 18.3 Å². The average molecular weight is 235 g/mol. The Balaban J connectivity index is 1.69. The summed E-state index contributed by atoms with van der Waals surface area (Å²) < 4.78 is 2.10. The van der Waals surface area contributed by atoms with Crippen molar-refractivity contribution in [3.8, 4) is 0 Å². The van der Waals surface area contributed by atoms with Gasteiger partial charge in [-0.1, -0.05) is 32.1 Å². The topological polar surface area (TPSA) is 29.9 Å². The zero-order chi connectivity index (χ0) is 12.1. The van der Waals surface area contributed by atoms with E-state index in [1.165, 1.54) is 38.5 Å². The first-order valence-corrected chi connectivity index (χ1v) is 6.98. The van der Waals surface area contributed by atoms with E-state index in [9.17, 15) is 0 Å². The molecule has 0 radical (unpaired) electrons. The molecule has 17 heavy (non-hydrogen) atoms. The summed E-state index contributed by atoms with van der Waals surface area (Å²) in [7, 11) is 2.06. The largest absolute Gasteiger partial charge is 0.337 e. The molecule has 2 rings (SSSR count). The van der Waals surface area contributed by atoms with Crippen LogP contribution in [0.25, 0.3) is 0 Å². The van der Waals surface area contributed by atoms with Crippen molar-refractivity contribution >= 4 is 0 Å². The van der Waals surface area contributed by atoms with E-state index in [2.05, 4.69) is 28.8 Å². The van der Waals surface area contributed by atoms with E-state index in [4.69, 9.17) is 0 Å². The van der Waals surface area contributed by atoms with Crippen molar-refractivity contribution in [2.45, 2.75) is 51.5 Å². The van der Waals surface area contributed by atoms with E-state index in [0.29, 0.717) is 6.04 Å². The summed E-state index contributed by atoms with van der Waals surface area (Å²) in [6, 6.07) is 0.360. The normalized spacial score (nSPS) is 19.4. The molecule has 0 spiro atoms. The summed E-state index contributed by atoms with van der Waals surface area (Å²) in [4.78, 5) is 4.38. The smallest absolute Gasteiger partial charge is 0.125 e. The van der Waals surface area contributed by atoms with Crippen LogP contribution in [0.1, 0.15) is 57.3 Å². The molecule has 1 atom stereocenters. The Bertz CT molecular complexity index is 326. The predicted molar refractivity (Wildman–Crippen MR) is 70.8 cm³/mol. The molecule has 1 aromatic rings. The third-order valence-electron chi connectivity index (χ3n) is 3.97. The van der Waals surface area contributed by atoms with Gasteiger partial charge in [-0.05, 0) is 25.8 Å². The third kappa shape index (κ3) is 3.56. The predicted octanol–water partition coefficient (Wildman–Crippen LogP) is 3.04. The fraction of sp³-hybridized carbons (Fsp3) is 0.786. The van der Waals surface area contributed by atoms with E-state index >= 15 is 0 Å². The minimum Gasteiger partial charge on any atom is -0.337 e. The molecule has 0 bridgehead atoms. The van der Waals surface area contributed by atoms with Crippen LogP contribution in [0.2, 0.25) is 0 Å². The monoisotopic (exact) mass is 235 g/mol. The highest BCUT2D eigenvalue weighted by molar-refractivity contribution is 4.96. The van der Waals surface area contributed by atoms with Crippen molar-refractivity contribution in [1.82, 2.24) is 14.9 Å². The molecule has 1 unspecified atom stereocenters. The molecule has 1 saturated carbocycles. The lowest BCUT2D eigenvalue weighted by Gasteiger charge is -2.22. The number of rotatable bonds is 5. The second-order valence-electron chi connectivity index (χ2n) is 5.36. The van der Waals surface area contributed by atoms with Crippen LogP contribution in [-0.2, 0) is 7.05 Å². The molecule has 3 nitrogen and oxygen atoms in total. The van der Waals surface area contributed by atoms with Crippen molar-refractivity contribution in [2.75, 3.05) is 6.54 Å². The van der Waals surface area contributed by atoms with Gasteiger partial charge in [0.15, 0.2) is 0 Å². The minimum absolute atomic E-state index is 0.360. The number of nitrogens with one attached hydrogen (secondary N) is 1. The molecule has 1 N–H and O–H groups in total. The van der Waals surface area contributed by atoms with Gasteiger partial charge < -0.3 is 9.88 Å². The Kier molecular flexibility index (Phi) is 4.60. The average Bonchev–Trinajstić information content (AvgIpc) is 2.77. The van der Waals surface area contributed by atoms with Gasteiger partial charge in [-0.3, -0.25) is 0 Å². The Morgan fingerprint density at radius 1 is 1.41 bits per heavy atom. The lowest BCUT2D eigenvalue weighted by molar-refractivity contribution is 0.328. The highest BCUT2D eigenvalue weighted by Gasteiger charge is 2.14. The van der Waals surface area contributed by atoms with Crippen LogP contribution in [0.3, 0.4) is 0 Å². The van der Waals surface area contributed by atoms with Crippen molar-refractivity contribution < 1.29 is 0 Å². The second-order valence-corrected chi connectivity index (χ2v) is 5.36. The lowest BCUT2D eigenvalue weighted by atomic mass is 9.87. The minimum atomic E-state index is 0.360. The van der Waals surface area contributed by atoms with Crippen LogP contribution in [0.4, 0.5) is 0 Å². The SMILES string of the molecule is CC(NCCC1CCCCC1)c1nccn1C. The van der Waals surface area contributed by atoms with Crippen LogP contribution in [0.15, 0.2) is 12.4 Å². The van der Waals surface area contributed by atoms with Gasteiger partial charge in [0.05, 0.1) is 6.04 Å². The molecule has 0 aliphatic heterocycles. The summed E-state index contributed by atoms with van der Waals surface area (Å²) in [5.74, 6) is 2.10. The Labute approximate surface area is 105 Å². The molecule has 1 aliphatic carbocycles. The third-order valence-corrected chi connectivity index (χ3v) is 3.97. The summed E-state index contributed by atoms with van der Waals surface area (Å²) in [5.41, 5.74) is 0. The van der Waals surface area contributed by atoms with Crippen molar-refractivity contribution in [2.24, 2.45) is 13.0 Å². The highest BCUT2D eigenvalue weighted by atomic mass is 15.1. The standard InChI is InChI=1S/C14H25N3/c1-12(14-16-10-11-17(14)2)15-9-8-13-6-4-3-5-7-13/h10-13,15H,3-9H2,1-2H3. The number of aryl methyl sites for hydroxylation is 1. The first kappa shape index (κ1) is 12.6. The van der Waals surface area contributed by atoms with Crippen LogP contribution in [0, 0.1) is 5.92 Å². The summed E-state index contributed by atoms with van der Waals surface area (Å²) in [5, 5.41) is 3.59. The maximum Gasteiger partial charge on any atom is 0.125 e. The van der Waals surface area contributed by atoms with Crippen LogP contribution in [-0.4, -0.2) is 16.1 Å². The van der Waals surface area contributed by atoms with Gasteiger partial charge in [-0.25, -0.2) is 4.98 Å². The van der Waals surface area contributed by atoms with Crippen LogP contribution < -0.4 is 5.32 Å². The molecular weight excluding hydrogens is 210 g/mol. The Morgan fingerprint density at radius 3 is 2.82 bits per heavy atom. The quantitative estimate of drug-likeness (QED) is 0.850. The van der Waals surface area contributed by atoms with Gasteiger partial charge in [-0.15, -0.1) is 0 Å². The van der Waals surface area contributed by atoms with Crippen LogP contribution in [0.5, 0.6) is 0 Å². The molecule has 1 heterocycles. The molecule has 0 amide bonds. The number of hydrogen-bond acceptors (Lipinski definition) is 2. The lowest BCUT2D eigenvalue weighted by Crippen LogP contribution is -2.24. The molecule has 1 aliphatic rings. The van der Waals surface area contributed by atoms with Crippen molar-refractivity contribution in [3.63, 3.8) is 0 Å². The first-order chi connectivity index (χ1) is 8.27.